The van der Waals surface area contributed by atoms with Crippen LogP contribution in [0, 0.1) is 0 Å². The van der Waals surface area contributed by atoms with Crippen LogP contribution in [0.3, 0.4) is 0 Å². The molecule has 1 aliphatic rings. The summed E-state index contributed by atoms with van der Waals surface area (Å²) in [5, 5.41) is 0. The molecule has 3 aromatic rings. The van der Waals surface area contributed by atoms with Gasteiger partial charge in [-0.15, -0.1) is 0 Å². The molecule has 0 radical (unpaired) electrons. The van der Waals surface area contributed by atoms with E-state index < -0.39 is 0 Å². The molecule has 0 heteroatoms. The Labute approximate surface area is 169 Å². The van der Waals surface area contributed by atoms with Gasteiger partial charge in [0.25, 0.3) is 0 Å². The first-order valence-electron chi connectivity index (χ1n) is 10.0. The summed E-state index contributed by atoms with van der Waals surface area (Å²) in [5.41, 5.74) is 7.47. The predicted molar refractivity (Wildman–Crippen MR) is 122 cm³/mol. The van der Waals surface area contributed by atoms with Gasteiger partial charge >= 0.3 is 0 Å². The average molecular weight is 365 g/mol. The monoisotopic (exact) mass is 364 g/mol. The van der Waals surface area contributed by atoms with Crippen molar-refractivity contribution < 1.29 is 0 Å². The zero-order valence-electron chi connectivity index (χ0n) is 17.0. The second-order valence-corrected chi connectivity index (χ2v) is 6.55. The van der Waals surface area contributed by atoms with E-state index in [0.717, 1.165) is 0 Å². The predicted octanol–water partition coefficient (Wildman–Crippen LogP) is 7.58. The molecule has 0 aliphatic heterocycles. The molecular weight excluding hydrogens is 336 g/mol. The fourth-order valence-corrected chi connectivity index (χ4v) is 4.37. The van der Waals surface area contributed by atoms with E-state index in [4.69, 9.17) is 0 Å². The van der Waals surface area contributed by atoms with Gasteiger partial charge in [-0.25, -0.2) is 0 Å². The topological polar surface area (TPSA) is 0 Å². The van der Waals surface area contributed by atoms with Crippen molar-refractivity contribution in [2.45, 2.75) is 26.2 Å². The lowest BCUT2D eigenvalue weighted by atomic mass is 9.67. The third kappa shape index (κ3) is 2.96. The van der Waals surface area contributed by atoms with Crippen LogP contribution in [0.1, 0.15) is 43.0 Å². The number of hydrogen-bond donors (Lipinski definition) is 0. The van der Waals surface area contributed by atoms with Crippen LogP contribution in [0.5, 0.6) is 0 Å². The Hall–Kier alpha value is -3.12. The minimum absolute atomic E-state index is 0.303. The van der Waals surface area contributed by atoms with Gasteiger partial charge in [0.2, 0.25) is 0 Å². The van der Waals surface area contributed by atoms with Gasteiger partial charge in [0.05, 0.1) is 5.41 Å². The minimum atomic E-state index is -0.303. The van der Waals surface area contributed by atoms with Gasteiger partial charge in [0, 0.05) is 0 Å². The van der Waals surface area contributed by atoms with Crippen LogP contribution in [0.2, 0.25) is 0 Å². The number of fused-ring (bicyclic) bond motifs is 1. The second kappa shape index (κ2) is 8.71. The Morgan fingerprint density at radius 3 is 1.71 bits per heavy atom. The first kappa shape index (κ1) is 19.6. The van der Waals surface area contributed by atoms with Crippen molar-refractivity contribution in [3.8, 4) is 0 Å². The van der Waals surface area contributed by atoms with Crippen molar-refractivity contribution in [3.63, 3.8) is 0 Å². The molecule has 0 fully saturated rings. The van der Waals surface area contributed by atoms with Crippen molar-refractivity contribution in [1.29, 1.82) is 0 Å². The first-order valence-corrected chi connectivity index (χ1v) is 10.0. The van der Waals surface area contributed by atoms with E-state index in [1.54, 1.807) is 0 Å². The summed E-state index contributed by atoms with van der Waals surface area (Å²) in [6.07, 6.45) is 6.29. The van der Waals surface area contributed by atoms with Crippen LogP contribution in [-0.2, 0) is 5.41 Å². The highest BCUT2D eigenvalue weighted by Gasteiger charge is 2.47. The minimum Gasteiger partial charge on any atom is -0.0990 e. The summed E-state index contributed by atoms with van der Waals surface area (Å²) in [6.45, 7) is 10.1. The molecule has 0 heterocycles. The lowest BCUT2D eigenvalue weighted by Crippen LogP contribution is -2.28. The molecule has 0 saturated carbocycles. The maximum atomic E-state index is 3.96. The molecule has 0 N–H and O–H groups in total. The molecule has 1 aliphatic carbocycles. The molecule has 28 heavy (non-hydrogen) atoms. The smallest absolute Gasteiger partial charge is 0.0710 e. The van der Waals surface area contributed by atoms with Crippen LogP contribution in [0.25, 0.3) is 5.57 Å². The van der Waals surface area contributed by atoms with Crippen molar-refractivity contribution in [1.82, 2.24) is 0 Å². The molecule has 3 aromatic carbocycles. The molecule has 0 unspecified atom stereocenters. The Morgan fingerprint density at radius 1 is 0.714 bits per heavy atom. The summed E-state index contributed by atoms with van der Waals surface area (Å²) < 4.78 is 0. The maximum absolute atomic E-state index is 3.96. The van der Waals surface area contributed by atoms with Gasteiger partial charge in [-0.1, -0.05) is 124 Å². The fourth-order valence-electron chi connectivity index (χ4n) is 4.37. The lowest BCUT2D eigenvalue weighted by Gasteiger charge is -2.34. The van der Waals surface area contributed by atoms with Crippen LogP contribution in [0.15, 0.2) is 115 Å². The zero-order chi connectivity index (χ0) is 20.0. The van der Waals surface area contributed by atoms with Crippen molar-refractivity contribution in [3.05, 3.63) is 138 Å². The molecule has 0 spiro atoms. The molecule has 0 bridgehead atoms. The van der Waals surface area contributed by atoms with Crippen LogP contribution < -0.4 is 0 Å². The number of rotatable bonds is 3. The SMILES string of the molecule is C=C/C=C1\C(=C/C)C(c2ccccc2)(c2ccccc2)c2ccccc21.CC. The Balaban J connectivity index is 0.00000109. The van der Waals surface area contributed by atoms with E-state index in [-0.39, 0.29) is 5.41 Å². The fraction of sp³-hybridized carbons (Fsp3) is 0.143. The van der Waals surface area contributed by atoms with Gasteiger partial charge in [-0.05, 0) is 40.3 Å². The molecule has 0 aromatic heterocycles. The zero-order valence-corrected chi connectivity index (χ0v) is 17.0. The van der Waals surface area contributed by atoms with Gasteiger partial charge in [0.15, 0.2) is 0 Å². The van der Waals surface area contributed by atoms with E-state index >= 15 is 0 Å². The summed E-state index contributed by atoms with van der Waals surface area (Å²) >= 11 is 0. The second-order valence-electron chi connectivity index (χ2n) is 6.55. The van der Waals surface area contributed by atoms with E-state index in [1.807, 2.05) is 19.9 Å². The Kier molecular flexibility index (Phi) is 6.11. The third-order valence-electron chi connectivity index (χ3n) is 5.30. The highest BCUT2D eigenvalue weighted by Crippen LogP contribution is 2.56. The van der Waals surface area contributed by atoms with Crippen LogP contribution in [0.4, 0.5) is 0 Å². The Bertz CT molecular complexity index is 949. The van der Waals surface area contributed by atoms with Crippen molar-refractivity contribution in [2.75, 3.05) is 0 Å². The summed E-state index contributed by atoms with van der Waals surface area (Å²) in [7, 11) is 0. The number of allylic oxidation sites excluding steroid dienone is 5. The third-order valence-corrected chi connectivity index (χ3v) is 5.30. The van der Waals surface area contributed by atoms with Gasteiger partial charge < -0.3 is 0 Å². The summed E-state index contributed by atoms with van der Waals surface area (Å²) in [5.74, 6) is 0. The molecule has 0 saturated heterocycles. The van der Waals surface area contributed by atoms with E-state index in [1.165, 1.54) is 33.4 Å². The van der Waals surface area contributed by atoms with Crippen LogP contribution >= 0.6 is 0 Å². The number of benzene rings is 3. The molecule has 0 amide bonds. The lowest BCUT2D eigenvalue weighted by molar-refractivity contribution is 0.767. The van der Waals surface area contributed by atoms with Gasteiger partial charge in [-0.3, -0.25) is 0 Å². The van der Waals surface area contributed by atoms with Crippen LogP contribution in [-0.4, -0.2) is 0 Å². The first-order chi connectivity index (χ1) is 13.8. The van der Waals surface area contributed by atoms with Crippen molar-refractivity contribution in [2.24, 2.45) is 0 Å². The van der Waals surface area contributed by atoms with E-state index in [0.29, 0.717) is 0 Å². The molecule has 4 rings (SSSR count). The summed E-state index contributed by atoms with van der Waals surface area (Å²) in [4.78, 5) is 0. The van der Waals surface area contributed by atoms with E-state index in [9.17, 15) is 0 Å². The highest BCUT2D eigenvalue weighted by molar-refractivity contribution is 5.94. The summed E-state index contributed by atoms with van der Waals surface area (Å²) in [6, 6.07) is 30.4. The molecule has 140 valence electrons. The van der Waals surface area contributed by atoms with E-state index in [2.05, 4.69) is 111 Å². The molecular formula is C28H28. The quantitative estimate of drug-likeness (QED) is 0.449. The normalized spacial score (nSPS) is 17.0. The molecule has 0 nitrogen and oxygen atoms in total. The van der Waals surface area contributed by atoms with Crippen molar-refractivity contribution >= 4 is 5.57 Å². The molecule has 0 atom stereocenters. The Morgan fingerprint density at radius 2 is 1.21 bits per heavy atom. The number of hydrogen-bond acceptors (Lipinski definition) is 0. The average Bonchev–Trinajstić information content (AvgIpc) is 3.07. The standard InChI is InChI=1S/C26H22.C2H6/c1-3-13-22-23-18-11-12-19-25(23)26(24(22)4-2,20-14-7-5-8-15-20)21-16-9-6-10-17-21;1-2/h3-19H,1H2,2H3;1-2H3/b22-13-,24-4+;. The van der Waals surface area contributed by atoms with Gasteiger partial charge in [0.1, 0.15) is 0 Å². The highest BCUT2D eigenvalue weighted by atomic mass is 14.5. The maximum Gasteiger partial charge on any atom is 0.0710 e. The largest absolute Gasteiger partial charge is 0.0990 e. The van der Waals surface area contributed by atoms with Gasteiger partial charge in [-0.2, -0.15) is 0 Å².